The average Bonchev–Trinajstić information content (AvgIpc) is 3.41. The van der Waals surface area contributed by atoms with Gasteiger partial charge in [0, 0.05) is 29.4 Å². The zero-order valence-electron chi connectivity index (χ0n) is 17.7. The number of nitrogens with zero attached hydrogens (tertiary/aromatic N) is 1. The molecule has 1 atom stereocenters. The van der Waals surface area contributed by atoms with Gasteiger partial charge in [-0.1, -0.05) is 17.7 Å². The predicted molar refractivity (Wildman–Crippen MR) is 124 cm³/mol. The zero-order chi connectivity index (χ0) is 23.6. The first-order valence-electron chi connectivity index (χ1n) is 10.2. The molecule has 4 rings (SSSR count). The Balaban J connectivity index is 1.45. The van der Waals surface area contributed by atoms with E-state index in [1.165, 1.54) is 12.3 Å². The molecule has 2 aromatic carbocycles. The van der Waals surface area contributed by atoms with Gasteiger partial charge in [-0.15, -0.1) is 0 Å². The third-order valence-corrected chi connectivity index (χ3v) is 7.13. The normalized spacial score (nSPS) is 16.1. The molecule has 1 saturated heterocycles. The molecule has 1 aliphatic rings. The van der Waals surface area contributed by atoms with Crippen molar-refractivity contribution >= 4 is 44.8 Å². The van der Waals surface area contributed by atoms with Gasteiger partial charge in [0.25, 0.3) is 10.0 Å². The second-order valence-electron chi connectivity index (χ2n) is 7.84. The predicted octanol–water partition coefficient (Wildman–Crippen LogP) is 4.03. The van der Waals surface area contributed by atoms with Crippen LogP contribution in [0.4, 0.5) is 11.4 Å². The highest BCUT2D eigenvalue weighted by Crippen LogP contribution is 2.26. The van der Waals surface area contributed by atoms with E-state index in [0.29, 0.717) is 34.3 Å². The number of amides is 2. The standard InChI is InChI=1S/C23H22ClN3O5S/c1-15-4-7-19(12-21(15)33(30,31)26-18-8-5-17(24)6-9-18)25-23(29)16-11-22(28)27(13-16)14-20-3-2-10-32-20/h2-10,12,16,26H,11,13-14H2,1H3,(H,25,29). The molecule has 0 aliphatic carbocycles. The topological polar surface area (TPSA) is 109 Å². The number of furan rings is 1. The molecule has 2 N–H and O–H groups in total. The van der Waals surface area contributed by atoms with E-state index in [0.717, 1.165) is 0 Å². The van der Waals surface area contributed by atoms with Crippen molar-refractivity contribution in [3.8, 4) is 0 Å². The van der Waals surface area contributed by atoms with E-state index in [4.69, 9.17) is 16.0 Å². The first kappa shape index (κ1) is 22.9. The van der Waals surface area contributed by atoms with E-state index in [9.17, 15) is 18.0 Å². The van der Waals surface area contributed by atoms with Gasteiger partial charge in [-0.25, -0.2) is 8.42 Å². The molecule has 33 heavy (non-hydrogen) atoms. The van der Waals surface area contributed by atoms with Crippen LogP contribution in [0.3, 0.4) is 0 Å². The Bertz CT molecular complexity index is 1270. The van der Waals surface area contributed by atoms with Crippen LogP contribution in [0.5, 0.6) is 0 Å². The van der Waals surface area contributed by atoms with Crippen molar-refractivity contribution < 1.29 is 22.4 Å². The molecule has 0 bridgehead atoms. The Morgan fingerprint density at radius 3 is 2.58 bits per heavy atom. The van der Waals surface area contributed by atoms with E-state index >= 15 is 0 Å². The van der Waals surface area contributed by atoms with Crippen LogP contribution in [0.25, 0.3) is 0 Å². The van der Waals surface area contributed by atoms with Gasteiger partial charge in [0.1, 0.15) is 5.76 Å². The largest absolute Gasteiger partial charge is 0.467 e. The molecule has 2 amide bonds. The number of nitrogens with one attached hydrogen (secondary N) is 2. The number of hydrogen-bond acceptors (Lipinski definition) is 5. The fourth-order valence-electron chi connectivity index (χ4n) is 3.63. The smallest absolute Gasteiger partial charge is 0.262 e. The Kier molecular flexibility index (Phi) is 6.44. The first-order valence-corrected chi connectivity index (χ1v) is 12.1. The molecule has 1 aliphatic heterocycles. The first-order chi connectivity index (χ1) is 15.7. The Morgan fingerprint density at radius 2 is 1.88 bits per heavy atom. The fourth-order valence-corrected chi connectivity index (χ4v) is 5.09. The molecular weight excluding hydrogens is 466 g/mol. The fraction of sp³-hybridized carbons (Fsp3) is 0.217. The van der Waals surface area contributed by atoms with Crippen LogP contribution < -0.4 is 10.0 Å². The lowest BCUT2D eigenvalue weighted by Crippen LogP contribution is -2.28. The number of rotatable bonds is 7. The second kappa shape index (κ2) is 9.29. The Morgan fingerprint density at radius 1 is 1.15 bits per heavy atom. The molecule has 2 heterocycles. The SMILES string of the molecule is Cc1ccc(NC(=O)C2CC(=O)N(Cc3ccco3)C2)cc1S(=O)(=O)Nc1ccc(Cl)cc1. The van der Waals surface area contributed by atoms with Crippen LogP contribution in [0, 0.1) is 12.8 Å². The lowest BCUT2D eigenvalue weighted by Gasteiger charge is -2.16. The van der Waals surface area contributed by atoms with Crippen molar-refractivity contribution in [3.63, 3.8) is 0 Å². The van der Waals surface area contributed by atoms with E-state index in [1.807, 2.05) is 0 Å². The van der Waals surface area contributed by atoms with Crippen LogP contribution in [0.1, 0.15) is 17.7 Å². The molecule has 3 aromatic rings. The maximum atomic E-state index is 12.9. The van der Waals surface area contributed by atoms with Gasteiger partial charge in [-0.05, 0) is 61.0 Å². The summed E-state index contributed by atoms with van der Waals surface area (Å²) in [4.78, 5) is 26.7. The van der Waals surface area contributed by atoms with Gasteiger partial charge in [0.2, 0.25) is 11.8 Å². The van der Waals surface area contributed by atoms with Gasteiger partial charge in [0.05, 0.1) is 23.6 Å². The molecule has 1 aromatic heterocycles. The summed E-state index contributed by atoms with van der Waals surface area (Å²) in [6, 6.07) is 14.5. The number of likely N-dealkylation sites (tertiary alicyclic amines) is 1. The number of carbonyl (C=O) groups excluding carboxylic acids is 2. The molecule has 172 valence electrons. The van der Waals surface area contributed by atoms with Crippen molar-refractivity contribution in [2.24, 2.45) is 5.92 Å². The number of carbonyl (C=O) groups is 2. The van der Waals surface area contributed by atoms with E-state index in [2.05, 4.69) is 10.0 Å². The molecule has 1 fully saturated rings. The van der Waals surface area contributed by atoms with Gasteiger partial charge >= 0.3 is 0 Å². The summed E-state index contributed by atoms with van der Waals surface area (Å²) in [5.41, 5.74) is 1.23. The molecule has 10 heteroatoms. The van der Waals surface area contributed by atoms with Gasteiger partial charge < -0.3 is 14.6 Å². The molecular formula is C23H22ClN3O5S. The molecule has 0 spiro atoms. The number of hydrogen-bond donors (Lipinski definition) is 2. The third-order valence-electron chi connectivity index (χ3n) is 5.35. The molecule has 1 unspecified atom stereocenters. The van der Waals surface area contributed by atoms with Crippen LogP contribution in [0.15, 0.2) is 70.2 Å². The summed E-state index contributed by atoms with van der Waals surface area (Å²) < 4.78 is 33.6. The minimum atomic E-state index is -3.90. The number of aryl methyl sites for hydroxylation is 1. The minimum Gasteiger partial charge on any atom is -0.467 e. The van der Waals surface area contributed by atoms with E-state index in [1.54, 1.807) is 60.4 Å². The minimum absolute atomic E-state index is 0.0391. The summed E-state index contributed by atoms with van der Waals surface area (Å²) in [6.45, 7) is 2.24. The average molecular weight is 488 g/mol. The van der Waals surface area contributed by atoms with Crippen LogP contribution in [-0.2, 0) is 26.2 Å². The van der Waals surface area contributed by atoms with Crippen molar-refractivity contribution in [1.29, 1.82) is 0 Å². The third kappa shape index (κ3) is 5.37. The van der Waals surface area contributed by atoms with Gasteiger partial charge in [0.15, 0.2) is 0 Å². The summed E-state index contributed by atoms with van der Waals surface area (Å²) in [6.07, 6.45) is 1.62. The summed E-state index contributed by atoms with van der Waals surface area (Å²) in [7, 11) is -3.90. The Labute approximate surface area is 196 Å². The lowest BCUT2D eigenvalue weighted by molar-refractivity contribution is -0.128. The molecule has 0 saturated carbocycles. The number of halogens is 1. The maximum Gasteiger partial charge on any atom is 0.262 e. The summed E-state index contributed by atoms with van der Waals surface area (Å²) in [5, 5.41) is 3.24. The number of sulfonamides is 1. The van der Waals surface area contributed by atoms with Crippen molar-refractivity contribution in [3.05, 3.63) is 77.2 Å². The Hall–Kier alpha value is -3.30. The van der Waals surface area contributed by atoms with Crippen LogP contribution >= 0.6 is 11.6 Å². The number of anilines is 2. The number of benzene rings is 2. The van der Waals surface area contributed by atoms with Gasteiger partial charge in [-0.2, -0.15) is 0 Å². The molecule has 0 radical (unpaired) electrons. The van der Waals surface area contributed by atoms with E-state index < -0.39 is 15.9 Å². The lowest BCUT2D eigenvalue weighted by atomic mass is 10.1. The van der Waals surface area contributed by atoms with Crippen LogP contribution in [-0.4, -0.2) is 31.7 Å². The maximum absolute atomic E-state index is 12.9. The monoisotopic (exact) mass is 487 g/mol. The van der Waals surface area contributed by atoms with Crippen molar-refractivity contribution in [1.82, 2.24) is 4.90 Å². The van der Waals surface area contributed by atoms with Crippen LogP contribution in [0.2, 0.25) is 5.02 Å². The van der Waals surface area contributed by atoms with Gasteiger partial charge in [-0.3, -0.25) is 14.3 Å². The summed E-state index contributed by atoms with van der Waals surface area (Å²) in [5.74, 6) is -0.374. The highest BCUT2D eigenvalue weighted by molar-refractivity contribution is 7.92. The van der Waals surface area contributed by atoms with Crippen molar-refractivity contribution in [2.75, 3.05) is 16.6 Å². The second-order valence-corrected chi connectivity index (χ2v) is 9.92. The summed E-state index contributed by atoms with van der Waals surface area (Å²) >= 11 is 5.86. The van der Waals surface area contributed by atoms with Crippen molar-refractivity contribution in [2.45, 2.75) is 24.8 Å². The quantitative estimate of drug-likeness (QED) is 0.523. The zero-order valence-corrected chi connectivity index (χ0v) is 19.3. The van der Waals surface area contributed by atoms with E-state index in [-0.39, 0.29) is 29.7 Å². The molecule has 8 nitrogen and oxygen atoms in total. The highest BCUT2D eigenvalue weighted by atomic mass is 35.5. The highest BCUT2D eigenvalue weighted by Gasteiger charge is 2.34.